The maximum Gasteiger partial charge on any atom is 0.338 e. The molecule has 0 bridgehead atoms. The van der Waals surface area contributed by atoms with Crippen molar-refractivity contribution in [2.45, 2.75) is 45.7 Å². The average molecular weight is 412 g/mol. The quantitative estimate of drug-likeness (QED) is 0.531. The SMILES string of the molecule is CC(=O)O[C@@H]1C[C@H](OC(=O)c2ccc(C)cc2)[C@@H](COC(=O)c2ccc(C)cc2)O1. The lowest BCUT2D eigenvalue weighted by atomic mass is 10.1. The van der Waals surface area contributed by atoms with Crippen LogP contribution < -0.4 is 0 Å². The van der Waals surface area contributed by atoms with Crippen molar-refractivity contribution in [3.05, 3.63) is 70.8 Å². The summed E-state index contributed by atoms with van der Waals surface area (Å²) in [6.45, 7) is 4.96. The molecule has 158 valence electrons. The van der Waals surface area contributed by atoms with Gasteiger partial charge < -0.3 is 18.9 Å². The van der Waals surface area contributed by atoms with Crippen LogP contribution in [0.15, 0.2) is 48.5 Å². The van der Waals surface area contributed by atoms with E-state index in [1.54, 1.807) is 24.3 Å². The van der Waals surface area contributed by atoms with Crippen LogP contribution in [-0.2, 0) is 23.7 Å². The number of hydrogen-bond donors (Lipinski definition) is 0. The molecule has 1 fully saturated rings. The molecule has 0 amide bonds. The Balaban J connectivity index is 1.65. The van der Waals surface area contributed by atoms with Gasteiger partial charge in [0.15, 0.2) is 0 Å². The third kappa shape index (κ3) is 5.67. The van der Waals surface area contributed by atoms with Crippen LogP contribution in [-0.4, -0.2) is 43.0 Å². The molecule has 0 radical (unpaired) electrons. The first-order valence-electron chi connectivity index (χ1n) is 9.66. The number of hydrogen-bond acceptors (Lipinski definition) is 7. The summed E-state index contributed by atoms with van der Waals surface area (Å²) < 4.78 is 21.6. The second-order valence-electron chi connectivity index (χ2n) is 7.22. The second kappa shape index (κ2) is 9.54. The Hall–Kier alpha value is -3.19. The zero-order valence-corrected chi connectivity index (χ0v) is 17.1. The molecule has 1 saturated heterocycles. The van der Waals surface area contributed by atoms with Gasteiger partial charge in [0.05, 0.1) is 17.5 Å². The third-order valence-corrected chi connectivity index (χ3v) is 4.68. The fraction of sp³-hybridized carbons (Fsp3) is 0.348. The summed E-state index contributed by atoms with van der Waals surface area (Å²) in [6.07, 6.45) is -2.20. The first-order chi connectivity index (χ1) is 14.3. The summed E-state index contributed by atoms with van der Waals surface area (Å²) in [4.78, 5) is 36.0. The Kier molecular flexibility index (Phi) is 6.84. The molecular formula is C23H24O7. The summed E-state index contributed by atoms with van der Waals surface area (Å²) in [7, 11) is 0. The second-order valence-corrected chi connectivity index (χ2v) is 7.22. The molecule has 0 aliphatic carbocycles. The van der Waals surface area contributed by atoms with Gasteiger partial charge in [-0.25, -0.2) is 9.59 Å². The Morgan fingerprint density at radius 3 is 1.93 bits per heavy atom. The molecule has 0 aromatic heterocycles. The van der Waals surface area contributed by atoms with E-state index in [0.29, 0.717) is 11.1 Å². The molecule has 0 spiro atoms. The van der Waals surface area contributed by atoms with Gasteiger partial charge in [-0.2, -0.15) is 0 Å². The molecule has 30 heavy (non-hydrogen) atoms. The van der Waals surface area contributed by atoms with Crippen molar-refractivity contribution in [1.82, 2.24) is 0 Å². The van der Waals surface area contributed by atoms with Crippen LogP contribution in [0, 0.1) is 13.8 Å². The highest BCUT2D eigenvalue weighted by atomic mass is 16.7. The zero-order chi connectivity index (χ0) is 21.7. The molecule has 1 heterocycles. The van der Waals surface area contributed by atoms with Crippen LogP contribution in [0.25, 0.3) is 0 Å². The number of benzene rings is 2. The standard InChI is InChI=1S/C23H24O7/c1-14-4-8-17(9-5-14)22(25)27-13-20-19(12-21(29-20)28-16(3)24)30-23(26)18-10-6-15(2)7-11-18/h4-11,19-21H,12-13H2,1-3H3/t19-,20+,21-/m0/s1. The van der Waals surface area contributed by atoms with E-state index in [-0.39, 0.29) is 13.0 Å². The van der Waals surface area contributed by atoms with Gasteiger partial charge in [-0.1, -0.05) is 35.4 Å². The van der Waals surface area contributed by atoms with E-state index in [1.165, 1.54) is 6.92 Å². The number of rotatable bonds is 6. The first-order valence-corrected chi connectivity index (χ1v) is 9.66. The molecule has 3 rings (SSSR count). The van der Waals surface area contributed by atoms with Crippen molar-refractivity contribution in [1.29, 1.82) is 0 Å². The highest BCUT2D eigenvalue weighted by molar-refractivity contribution is 5.90. The Morgan fingerprint density at radius 1 is 0.867 bits per heavy atom. The summed E-state index contributed by atoms with van der Waals surface area (Å²) in [5.74, 6) is -1.55. The molecule has 2 aromatic carbocycles. The minimum Gasteiger partial charge on any atom is -0.459 e. The van der Waals surface area contributed by atoms with Gasteiger partial charge in [0.25, 0.3) is 0 Å². The van der Waals surface area contributed by atoms with Crippen molar-refractivity contribution >= 4 is 17.9 Å². The van der Waals surface area contributed by atoms with Crippen LogP contribution >= 0.6 is 0 Å². The van der Waals surface area contributed by atoms with Crippen molar-refractivity contribution in [2.75, 3.05) is 6.61 Å². The fourth-order valence-corrected chi connectivity index (χ4v) is 3.04. The number of carbonyl (C=O) groups is 3. The van der Waals surface area contributed by atoms with E-state index >= 15 is 0 Å². The van der Waals surface area contributed by atoms with Crippen molar-refractivity contribution in [3.63, 3.8) is 0 Å². The van der Waals surface area contributed by atoms with Gasteiger partial charge in [-0.05, 0) is 38.1 Å². The number of ether oxygens (including phenoxy) is 4. The molecule has 7 heteroatoms. The number of aryl methyl sites for hydroxylation is 2. The van der Waals surface area contributed by atoms with Gasteiger partial charge in [-0.15, -0.1) is 0 Å². The van der Waals surface area contributed by atoms with Gasteiger partial charge in [0, 0.05) is 6.92 Å². The van der Waals surface area contributed by atoms with Crippen LogP contribution in [0.5, 0.6) is 0 Å². The summed E-state index contributed by atoms with van der Waals surface area (Å²) in [6, 6.07) is 13.9. The lowest BCUT2D eigenvalue weighted by Gasteiger charge is -2.18. The Labute approximate surface area is 174 Å². The van der Waals surface area contributed by atoms with E-state index in [4.69, 9.17) is 18.9 Å². The molecule has 1 aliphatic heterocycles. The van der Waals surface area contributed by atoms with Crippen LogP contribution in [0.4, 0.5) is 0 Å². The molecular weight excluding hydrogens is 388 g/mol. The normalized spacial score (nSPS) is 20.4. The molecule has 1 aliphatic rings. The predicted octanol–water partition coefficient (Wildman–Crippen LogP) is 3.36. The number of carbonyl (C=O) groups excluding carboxylic acids is 3. The van der Waals surface area contributed by atoms with Crippen molar-refractivity contribution in [3.8, 4) is 0 Å². The Morgan fingerprint density at radius 2 is 1.40 bits per heavy atom. The van der Waals surface area contributed by atoms with E-state index < -0.39 is 36.4 Å². The lowest BCUT2D eigenvalue weighted by Crippen LogP contribution is -2.32. The van der Waals surface area contributed by atoms with Crippen LogP contribution in [0.1, 0.15) is 45.2 Å². The van der Waals surface area contributed by atoms with Gasteiger partial charge in [-0.3, -0.25) is 4.79 Å². The highest BCUT2D eigenvalue weighted by Crippen LogP contribution is 2.26. The lowest BCUT2D eigenvalue weighted by molar-refractivity contribution is -0.175. The zero-order valence-electron chi connectivity index (χ0n) is 17.1. The van der Waals surface area contributed by atoms with Crippen molar-refractivity contribution in [2.24, 2.45) is 0 Å². The van der Waals surface area contributed by atoms with Crippen molar-refractivity contribution < 1.29 is 33.3 Å². The predicted molar refractivity (Wildman–Crippen MR) is 107 cm³/mol. The average Bonchev–Trinajstić information content (AvgIpc) is 3.07. The molecule has 0 N–H and O–H groups in total. The molecule has 2 aromatic rings. The molecule has 0 unspecified atom stereocenters. The van der Waals surface area contributed by atoms with Crippen LogP contribution in [0.3, 0.4) is 0 Å². The third-order valence-electron chi connectivity index (χ3n) is 4.68. The topological polar surface area (TPSA) is 88.1 Å². The maximum atomic E-state index is 12.5. The summed E-state index contributed by atoms with van der Waals surface area (Å²) in [5, 5.41) is 0. The minimum absolute atomic E-state index is 0.143. The first kappa shape index (κ1) is 21.5. The molecule has 7 nitrogen and oxygen atoms in total. The van der Waals surface area contributed by atoms with E-state index in [1.807, 2.05) is 38.1 Å². The van der Waals surface area contributed by atoms with Gasteiger partial charge in [0.1, 0.15) is 18.8 Å². The summed E-state index contributed by atoms with van der Waals surface area (Å²) >= 11 is 0. The van der Waals surface area contributed by atoms with E-state index in [0.717, 1.165) is 11.1 Å². The molecule has 0 saturated carbocycles. The smallest absolute Gasteiger partial charge is 0.338 e. The van der Waals surface area contributed by atoms with Crippen LogP contribution in [0.2, 0.25) is 0 Å². The summed E-state index contributed by atoms with van der Waals surface area (Å²) in [5.41, 5.74) is 2.85. The maximum absolute atomic E-state index is 12.5. The van der Waals surface area contributed by atoms with Gasteiger partial charge in [0.2, 0.25) is 6.29 Å². The monoisotopic (exact) mass is 412 g/mol. The van der Waals surface area contributed by atoms with Gasteiger partial charge >= 0.3 is 17.9 Å². The fourth-order valence-electron chi connectivity index (χ4n) is 3.04. The number of esters is 3. The van der Waals surface area contributed by atoms with E-state index in [2.05, 4.69) is 0 Å². The molecule has 3 atom stereocenters. The largest absolute Gasteiger partial charge is 0.459 e. The highest BCUT2D eigenvalue weighted by Gasteiger charge is 2.40. The van der Waals surface area contributed by atoms with E-state index in [9.17, 15) is 14.4 Å². The Bertz CT molecular complexity index is 902. The minimum atomic E-state index is -0.874.